The summed E-state index contributed by atoms with van der Waals surface area (Å²) in [5.74, 6) is 0.979. The Labute approximate surface area is 117 Å². The maximum absolute atomic E-state index is 8.98. The molecule has 2 aromatic carbocycles. The first-order chi connectivity index (χ1) is 8.81. The van der Waals surface area contributed by atoms with Crippen LogP contribution < -0.4 is 0 Å². The van der Waals surface area contributed by atoms with Gasteiger partial charge in [-0.25, -0.2) is 0 Å². The molecule has 1 nitrogen and oxygen atoms in total. The number of aliphatic hydroxyl groups is 1. The summed E-state index contributed by atoms with van der Waals surface area (Å²) in [6.45, 7) is 0.112. The molecule has 0 spiro atoms. The molecule has 0 aliphatic rings. The van der Waals surface area contributed by atoms with E-state index in [4.69, 9.17) is 5.11 Å². The highest BCUT2D eigenvalue weighted by Gasteiger charge is 1.98. The van der Waals surface area contributed by atoms with Gasteiger partial charge in [0.05, 0.1) is 6.61 Å². The van der Waals surface area contributed by atoms with Gasteiger partial charge in [0.2, 0.25) is 0 Å². The van der Waals surface area contributed by atoms with Gasteiger partial charge in [0, 0.05) is 15.5 Å². The quantitative estimate of drug-likeness (QED) is 0.827. The molecule has 0 heterocycles. The molecule has 0 atom stereocenters. The van der Waals surface area contributed by atoms with Crippen molar-refractivity contribution in [1.82, 2.24) is 0 Å². The highest BCUT2D eigenvalue weighted by molar-refractivity contribution is 7.98. The third kappa shape index (κ3) is 3.80. The van der Waals surface area contributed by atoms with Gasteiger partial charge in [-0.05, 0) is 41.6 Å². The van der Waals surface area contributed by atoms with Gasteiger partial charge in [-0.3, -0.25) is 0 Å². The fraction of sp³-hybridized carbons (Fsp3) is 0.200. The third-order valence-corrected chi connectivity index (χ3v) is 4.50. The number of aliphatic hydroxyl groups excluding tert-OH is 1. The van der Waals surface area contributed by atoms with Crippen LogP contribution in [-0.2, 0) is 12.4 Å². The highest BCUT2D eigenvalue weighted by Crippen LogP contribution is 2.24. The lowest BCUT2D eigenvalue weighted by Crippen LogP contribution is -1.83. The first-order valence-corrected chi connectivity index (χ1v) is 7.98. The predicted octanol–water partition coefficient (Wildman–Crippen LogP) is 4.19. The number of hydrogen-bond donors (Lipinski definition) is 1. The van der Waals surface area contributed by atoms with Crippen molar-refractivity contribution < 1.29 is 5.11 Å². The topological polar surface area (TPSA) is 20.2 Å². The summed E-state index contributed by atoms with van der Waals surface area (Å²) >= 11 is 3.58. The van der Waals surface area contributed by atoms with Crippen molar-refractivity contribution >= 4 is 23.5 Å². The van der Waals surface area contributed by atoms with E-state index in [0.29, 0.717) is 0 Å². The SMILES string of the molecule is CSc1ccc(CSc2ccc(CO)cc2)cc1. The molecule has 0 aliphatic carbocycles. The number of benzene rings is 2. The molecule has 0 radical (unpaired) electrons. The largest absolute Gasteiger partial charge is 0.392 e. The monoisotopic (exact) mass is 276 g/mol. The average molecular weight is 276 g/mol. The van der Waals surface area contributed by atoms with Crippen LogP contribution in [0.15, 0.2) is 58.3 Å². The smallest absolute Gasteiger partial charge is 0.0681 e. The summed E-state index contributed by atoms with van der Waals surface area (Å²) in [5, 5.41) is 8.98. The molecule has 0 aliphatic heterocycles. The van der Waals surface area contributed by atoms with Gasteiger partial charge >= 0.3 is 0 Å². The maximum atomic E-state index is 8.98. The number of rotatable bonds is 5. The van der Waals surface area contributed by atoms with Gasteiger partial charge in [0.25, 0.3) is 0 Å². The molecule has 0 bridgehead atoms. The van der Waals surface area contributed by atoms with Crippen molar-refractivity contribution in [2.75, 3.05) is 6.26 Å². The summed E-state index contributed by atoms with van der Waals surface area (Å²) < 4.78 is 0. The van der Waals surface area contributed by atoms with Gasteiger partial charge in [0.1, 0.15) is 0 Å². The summed E-state index contributed by atoms with van der Waals surface area (Å²) in [5.41, 5.74) is 2.30. The average Bonchev–Trinajstić information content (AvgIpc) is 2.46. The van der Waals surface area contributed by atoms with E-state index >= 15 is 0 Å². The zero-order valence-electron chi connectivity index (χ0n) is 10.3. The Balaban J connectivity index is 1.93. The van der Waals surface area contributed by atoms with E-state index < -0.39 is 0 Å². The first-order valence-electron chi connectivity index (χ1n) is 5.77. The van der Waals surface area contributed by atoms with Crippen molar-refractivity contribution in [2.24, 2.45) is 0 Å². The number of thioether (sulfide) groups is 2. The van der Waals surface area contributed by atoms with E-state index in [2.05, 4.69) is 42.7 Å². The Morgan fingerprint density at radius 1 is 0.833 bits per heavy atom. The molecule has 2 aromatic rings. The van der Waals surface area contributed by atoms with E-state index in [9.17, 15) is 0 Å². The molecular formula is C15H16OS2. The molecule has 0 saturated carbocycles. The van der Waals surface area contributed by atoms with Gasteiger partial charge in [-0.15, -0.1) is 23.5 Å². The molecule has 3 heteroatoms. The van der Waals surface area contributed by atoms with Crippen molar-refractivity contribution in [2.45, 2.75) is 22.2 Å². The normalized spacial score (nSPS) is 10.6. The minimum Gasteiger partial charge on any atom is -0.392 e. The Bertz CT molecular complexity index is 429. The predicted molar refractivity (Wildman–Crippen MR) is 80.1 cm³/mol. The van der Waals surface area contributed by atoms with Crippen LogP contribution in [0, 0.1) is 0 Å². The summed E-state index contributed by atoms with van der Waals surface area (Å²) in [7, 11) is 0. The van der Waals surface area contributed by atoms with Gasteiger partial charge in [-0.1, -0.05) is 24.3 Å². The minimum atomic E-state index is 0.112. The molecule has 18 heavy (non-hydrogen) atoms. The highest BCUT2D eigenvalue weighted by atomic mass is 32.2. The van der Waals surface area contributed by atoms with Gasteiger partial charge in [0.15, 0.2) is 0 Å². The Morgan fingerprint density at radius 3 is 1.94 bits per heavy atom. The van der Waals surface area contributed by atoms with Crippen LogP contribution in [0.4, 0.5) is 0 Å². The van der Waals surface area contributed by atoms with E-state index in [1.165, 1.54) is 15.4 Å². The molecule has 0 unspecified atom stereocenters. The third-order valence-electron chi connectivity index (χ3n) is 2.67. The second-order valence-electron chi connectivity index (χ2n) is 3.94. The second-order valence-corrected chi connectivity index (χ2v) is 5.87. The standard InChI is InChI=1S/C15H16OS2/c1-17-14-6-4-13(5-7-14)11-18-15-8-2-12(10-16)3-9-15/h2-9,16H,10-11H2,1H3. The Hall–Kier alpha value is -0.900. The molecule has 94 valence electrons. The van der Waals surface area contributed by atoms with Crippen LogP contribution in [0.25, 0.3) is 0 Å². The van der Waals surface area contributed by atoms with Crippen molar-refractivity contribution in [3.63, 3.8) is 0 Å². The lowest BCUT2D eigenvalue weighted by atomic mass is 10.2. The van der Waals surface area contributed by atoms with Crippen LogP contribution >= 0.6 is 23.5 Å². The fourth-order valence-electron chi connectivity index (χ4n) is 1.58. The first kappa shape index (κ1) is 13.5. The van der Waals surface area contributed by atoms with E-state index in [1.807, 2.05) is 23.9 Å². The van der Waals surface area contributed by atoms with Crippen LogP contribution in [0.2, 0.25) is 0 Å². The Morgan fingerprint density at radius 2 is 1.39 bits per heavy atom. The summed E-state index contributed by atoms with van der Waals surface area (Å²) in [4.78, 5) is 2.54. The van der Waals surface area contributed by atoms with Crippen LogP contribution in [0.1, 0.15) is 11.1 Å². The molecule has 1 N–H and O–H groups in total. The molecule has 0 aromatic heterocycles. The van der Waals surface area contributed by atoms with Gasteiger partial charge in [-0.2, -0.15) is 0 Å². The molecule has 0 saturated heterocycles. The van der Waals surface area contributed by atoms with E-state index in [0.717, 1.165) is 11.3 Å². The van der Waals surface area contributed by atoms with Crippen molar-refractivity contribution in [3.05, 3.63) is 59.7 Å². The molecule has 2 rings (SSSR count). The minimum absolute atomic E-state index is 0.112. The maximum Gasteiger partial charge on any atom is 0.0681 e. The molecular weight excluding hydrogens is 260 g/mol. The second kappa shape index (κ2) is 6.88. The van der Waals surface area contributed by atoms with Crippen LogP contribution in [0.5, 0.6) is 0 Å². The summed E-state index contributed by atoms with van der Waals surface area (Å²) in [6.07, 6.45) is 2.09. The van der Waals surface area contributed by atoms with Crippen molar-refractivity contribution in [1.29, 1.82) is 0 Å². The number of hydrogen-bond acceptors (Lipinski definition) is 3. The lowest BCUT2D eigenvalue weighted by Gasteiger charge is -2.04. The van der Waals surface area contributed by atoms with E-state index in [-0.39, 0.29) is 6.61 Å². The van der Waals surface area contributed by atoms with Crippen molar-refractivity contribution in [3.8, 4) is 0 Å². The van der Waals surface area contributed by atoms with Gasteiger partial charge < -0.3 is 5.11 Å². The van der Waals surface area contributed by atoms with Crippen LogP contribution in [-0.4, -0.2) is 11.4 Å². The molecule has 0 fully saturated rings. The Kier molecular flexibility index (Phi) is 5.17. The fourth-order valence-corrected chi connectivity index (χ4v) is 2.84. The summed E-state index contributed by atoms with van der Waals surface area (Å²) in [6, 6.07) is 16.8. The molecule has 0 amide bonds. The zero-order chi connectivity index (χ0) is 12.8. The van der Waals surface area contributed by atoms with E-state index in [1.54, 1.807) is 11.8 Å². The lowest BCUT2D eigenvalue weighted by molar-refractivity contribution is 0.282. The zero-order valence-corrected chi connectivity index (χ0v) is 11.9. The van der Waals surface area contributed by atoms with Crippen LogP contribution in [0.3, 0.4) is 0 Å².